The molecule has 132 valence electrons. The van der Waals surface area contributed by atoms with Crippen molar-refractivity contribution in [1.29, 1.82) is 0 Å². The summed E-state index contributed by atoms with van der Waals surface area (Å²) in [6, 6.07) is 7.60. The summed E-state index contributed by atoms with van der Waals surface area (Å²) in [5.74, 6) is 1.42. The number of rotatable bonds is 3. The van der Waals surface area contributed by atoms with E-state index in [4.69, 9.17) is 14.6 Å². The maximum absolute atomic E-state index is 11.0. The number of carbonyl (C=O) groups is 1. The number of carboxylic acid groups (broad SMARTS) is 1. The van der Waals surface area contributed by atoms with Crippen molar-refractivity contribution in [1.82, 2.24) is 4.90 Å². The number of benzene rings is 1. The molecule has 1 N–H and O–H groups in total. The van der Waals surface area contributed by atoms with Gasteiger partial charge in [0.1, 0.15) is 11.6 Å². The maximum atomic E-state index is 11.0. The van der Waals surface area contributed by atoms with Gasteiger partial charge in [-0.3, -0.25) is 0 Å². The Labute approximate surface area is 162 Å². The van der Waals surface area contributed by atoms with E-state index >= 15 is 0 Å². The summed E-state index contributed by atoms with van der Waals surface area (Å²) >= 11 is 7.08. The van der Waals surface area contributed by atoms with Crippen molar-refractivity contribution in [3.05, 3.63) is 50.6 Å². The monoisotopic (exact) mass is 470 g/mol. The zero-order chi connectivity index (χ0) is 18.1. The van der Waals surface area contributed by atoms with Crippen molar-refractivity contribution in [3.8, 4) is 5.75 Å². The summed E-state index contributed by atoms with van der Waals surface area (Å²) in [6.45, 7) is 1.99. The van der Waals surface area contributed by atoms with E-state index in [-0.39, 0.29) is 6.04 Å². The number of nitrogens with zero attached hydrogens (tertiary/aromatic N) is 2. The van der Waals surface area contributed by atoms with E-state index in [1.54, 1.807) is 7.11 Å². The molecule has 6 nitrogen and oxygen atoms in total. The van der Waals surface area contributed by atoms with Crippen LogP contribution in [0.5, 0.6) is 5.75 Å². The Hall–Kier alpha value is -1.80. The van der Waals surface area contributed by atoms with Crippen LogP contribution < -0.4 is 4.74 Å². The van der Waals surface area contributed by atoms with Gasteiger partial charge in [-0.15, -0.1) is 0 Å². The lowest BCUT2D eigenvalue weighted by Gasteiger charge is -2.42. The predicted octanol–water partition coefficient (Wildman–Crippen LogP) is 4.78. The van der Waals surface area contributed by atoms with Crippen molar-refractivity contribution in [3.63, 3.8) is 0 Å². The van der Waals surface area contributed by atoms with Gasteiger partial charge in [0, 0.05) is 16.6 Å². The molecule has 2 aliphatic heterocycles. The highest BCUT2D eigenvalue weighted by Gasteiger charge is 2.37. The fourth-order valence-corrected chi connectivity index (χ4v) is 4.21. The van der Waals surface area contributed by atoms with Crippen molar-refractivity contribution >= 4 is 43.9 Å². The molecule has 3 rings (SSSR count). The summed E-state index contributed by atoms with van der Waals surface area (Å²) in [7, 11) is 1.62. The van der Waals surface area contributed by atoms with Gasteiger partial charge in [-0.25, -0.2) is 9.79 Å². The van der Waals surface area contributed by atoms with Gasteiger partial charge in [-0.05, 0) is 62.6 Å². The molecule has 0 saturated carbocycles. The van der Waals surface area contributed by atoms with Gasteiger partial charge >= 0.3 is 6.16 Å². The normalized spacial score (nSPS) is 22.8. The minimum Gasteiger partial charge on any atom is -0.497 e. The van der Waals surface area contributed by atoms with E-state index in [2.05, 4.69) is 41.8 Å². The number of halogens is 2. The summed E-state index contributed by atoms with van der Waals surface area (Å²) in [5.41, 5.74) is 2.02. The van der Waals surface area contributed by atoms with Crippen LogP contribution in [0.2, 0.25) is 0 Å². The highest BCUT2D eigenvalue weighted by Crippen LogP contribution is 2.41. The molecule has 0 spiro atoms. The van der Waals surface area contributed by atoms with Crippen molar-refractivity contribution in [2.75, 3.05) is 7.11 Å². The van der Waals surface area contributed by atoms with Crippen molar-refractivity contribution < 1.29 is 19.4 Å². The van der Waals surface area contributed by atoms with E-state index in [0.717, 1.165) is 26.0 Å². The van der Waals surface area contributed by atoms with Gasteiger partial charge in [0.2, 0.25) is 6.23 Å². The van der Waals surface area contributed by atoms with E-state index in [0.29, 0.717) is 12.3 Å². The number of allylic oxidation sites excluding steroid dienone is 3. The lowest BCUT2D eigenvalue weighted by Crippen LogP contribution is -2.42. The zero-order valence-electron chi connectivity index (χ0n) is 13.6. The van der Waals surface area contributed by atoms with Gasteiger partial charge < -0.3 is 19.5 Å². The van der Waals surface area contributed by atoms with E-state index in [9.17, 15) is 4.79 Å². The Balaban J connectivity index is 2.05. The third-order valence-electron chi connectivity index (χ3n) is 4.14. The number of amidine groups is 1. The number of aliphatic imine (C=N–C) groups is 1. The van der Waals surface area contributed by atoms with Gasteiger partial charge in [-0.1, -0.05) is 12.1 Å². The van der Waals surface area contributed by atoms with Crippen LogP contribution in [-0.2, 0) is 4.74 Å². The largest absolute Gasteiger partial charge is 0.507 e. The first-order valence-electron chi connectivity index (χ1n) is 7.55. The van der Waals surface area contributed by atoms with Crippen molar-refractivity contribution in [2.24, 2.45) is 4.99 Å². The van der Waals surface area contributed by atoms with Crippen LogP contribution in [0, 0.1) is 0 Å². The molecule has 0 fully saturated rings. The number of hydrogen-bond donors (Lipinski definition) is 1. The first-order valence-corrected chi connectivity index (χ1v) is 9.13. The van der Waals surface area contributed by atoms with E-state index in [1.807, 2.05) is 37.3 Å². The van der Waals surface area contributed by atoms with Gasteiger partial charge in [0.05, 0.1) is 17.6 Å². The molecule has 2 unspecified atom stereocenters. The molecule has 0 aliphatic carbocycles. The van der Waals surface area contributed by atoms with Crippen LogP contribution in [0.25, 0.3) is 0 Å². The van der Waals surface area contributed by atoms with Crippen LogP contribution in [0.3, 0.4) is 0 Å². The molecule has 0 saturated heterocycles. The Morgan fingerprint density at radius 1 is 1.32 bits per heavy atom. The highest BCUT2D eigenvalue weighted by molar-refractivity contribution is 9.12. The Bertz CT molecular complexity index is 786. The smallest absolute Gasteiger partial charge is 0.497 e. The number of methoxy groups -OCH3 is 1. The average Bonchev–Trinajstić information content (AvgIpc) is 2.58. The third-order valence-corrected chi connectivity index (χ3v) is 5.53. The SMILES string of the molecule is COc1ccc(C2CC(OC(=O)O)N=C3C(Br)=CC(Br)=C(C)N32)cc1. The second-order valence-corrected chi connectivity index (χ2v) is 7.32. The second-order valence-electron chi connectivity index (χ2n) is 5.61. The fourth-order valence-electron chi connectivity index (χ4n) is 2.96. The molecule has 2 aliphatic rings. The molecule has 8 heteroatoms. The lowest BCUT2D eigenvalue weighted by atomic mass is 9.97. The quantitative estimate of drug-likeness (QED) is 0.642. The molecule has 1 aromatic rings. The summed E-state index contributed by atoms with van der Waals surface area (Å²) in [4.78, 5) is 17.5. The standard InChI is InChI=1S/C17H16Br2N2O4/c1-9-12(18)7-13(19)16-20-15(25-17(22)23)8-14(21(9)16)10-3-5-11(24-2)6-4-10/h3-7,14-15H,8H2,1-2H3,(H,22,23). The summed E-state index contributed by atoms with van der Waals surface area (Å²) in [6.07, 6.45) is 0.223. The van der Waals surface area contributed by atoms with Crippen molar-refractivity contribution in [2.45, 2.75) is 25.6 Å². The molecular weight excluding hydrogens is 456 g/mol. The minimum absolute atomic E-state index is 0.114. The van der Waals surface area contributed by atoms with Crippen LogP contribution in [0.15, 0.2) is 50.0 Å². The first-order chi connectivity index (χ1) is 11.9. The molecule has 0 radical (unpaired) electrons. The van der Waals surface area contributed by atoms with E-state index in [1.165, 1.54) is 0 Å². The molecule has 0 aromatic heterocycles. The van der Waals surface area contributed by atoms with Gasteiger partial charge in [0.15, 0.2) is 0 Å². The Morgan fingerprint density at radius 3 is 2.60 bits per heavy atom. The topological polar surface area (TPSA) is 71.4 Å². The second kappa shape index (κ2) is 7.21. The van der Waals surface area contributed by atoms with E-state index < -0.39 is 12.4 Å². The average molecular weight is 472 g/mol. The molecule has 0 bridgehead atoms. The fraction of sp³-hybridized carbons (Fsp3) is 0.294. The molecule has 2 atom stereocenters. The zero-order valence-corrected chi connectivity index (χ0v) is 16.7. The third kappa shape index (κ3) is 3.59. The van der Waals surface area contributed by atoms with Gasteiger partial charge in [0.25, 0.3) is 0 Å². The molecule has 0 amide bonds. The van der Waals surface area contributed by atoms with Crippen LogP contribution in [0.4, 0.5) is 4.79 Å². The number of fused-ring (bicyclic) bond motifs is 1. The predicted molar refractivity (Wildman–Crippen MR) is 101 cm³/mol. The molecule has 1 aromatic carbocycles. The van der Waals surface area contributed by atoms with Crippen LogP contribution in [0.1, 0.15) is 24.9 Å². The first kappa shape index (κ1) is 18.0. The Kier molecular flexibility index (Phi) is 5.19. The highest BCUT2D eigenvalue weighted by atomic mass is 79.9. The molecular formula is C17H16Br2N2O4. The number of hydrogen-bond acceptors (Lipinski definition) is 5. The number of ether oxygens (including phenoxy) is 2. The summed E-state index contributed by atoms with van der Waals surface area (Å²) < 4.78 is 11.9. The molecule has 25 heavy (non-hydrogen) atoms. The maximum Gasteiger partial charge on any atom is 0.507 e. The Morgan fingerprint density at radius 2 is 2.00 bits per heavy atom. The summed E-state index contributed by atoms with van der Waals surface area (Å²) in [5, 5.41) is 8.98. The lowest BCUT2D eigenvalue weighted by molar-refractivity contribution is 0.0380. The van der Waals surface area contributed by atoms with Crippen LogP contribution >= 0.6 is 31.9 Å². The molecule has 2 heterocycles. The van der Waals surface area contributed by atoms with Crippen LogP contribution in [-0.4, -0.2) is 35.3 Å². The minimum atomic E-state index is -1.33. The van der Waals surface area contributed by atoms with Gasteiger partial charge in [-0.2, -0.15) is 0 Å².